The number of halogens is 1. The van der Waals surface area contributed by atoms with Gasteiger partial charge in [0.1, 0.15) is 0 Å². The molecule has 2 unspecified atom stereocenters. The number of nitrogens with two attached hydrogens (primary N) is 1. The van der Waals surface area contributed by atoms with Crippen LogP contribution in [0.15, 0.2) is 41.4 Å². The second kappa shape index (κ2) is 6.05. The third-order valence-electron chi connectivity index (χ3n) is 2.42. The number of aliphatic hydroxyl groups excluding tert-OH is 1. The number of rotatable bonds is 5. The summed E-state index contributed by atoms with van der Waals surface area (Å²) < 4.78 is 1.01. The molecule has 3 heteroatoms. The fourth-order valence-electron chi connectivity index (χ4n) is 1.50. The van der Waals surface area contributed by atoms with Gasteiger partial charge in [-0.1, -0.05) is 34.1 Å². The van der Waals surface area contributed by atoms with E-state index in [2.05, 4.69) is 22.5 Å². The van der Waals surface area contributed by atoms with Crippen LogP contribution in [0.25, 0.3) is 0 Å². The molecule has 1 rings (SSSR count). The molecule has 0 bridgehead atoms. The molecule has 1 aromatic carbocycles. The van der Waals surface area contributed by atoms with Crippen molar-refractivity contribution in [1.29, 1.82) is 0 Å². The van der Waals surface area contributed by atoms with Crippen molar-refractivity contribution in [2.75, 3.05) is 6.54 Å². The van der Waals surface area contributed by atoms with E-state index in [4.69, 9.17) is 5.73 Å². The second-order valence-electron chi connectivity index (χ2n) is 3.47. The maximum Gasteiger partial charge on any atom is 0.0852 e. The van der Waals surface area contributed by atoms with Gasteiger partial charge in [-0.3, -0.25) is 0 Å². The molecule has 1 aromatic rings. The molecule has 0 spiro atoms. The predicted molar refractivity (Wildman–Crippen MR) is 66.5 cm³/mol. The van der Waals surface area contributed by atoms with Crippen molar-refractivity contribution >= 4 is 15.9 Å². The van der Waals surface area contributed by atoms with Gasteiger partial charge in [-0.05, 0) is 30.7 Å². The lowest BCUT2D eigenvalue weighted by molar-refractivity contribution is 0.128. The van der Waals surface area contributed by atoms with Crippen LogP contribution in [0, 0.1) is 5.92 Å². The highest BCUT2D eigenvalue weighted by Gasteiger charge is 2.16. The zero-order valence-electron chi connectivity index (χ0n) is 8.57. The zero-order valence-corrected chi connectivity index (χ0v) is 10.2. The van der Waals surface area contributed by atoms with Crippen LogP contribution in [0.1, 0.15) is 18.1 Å². The maximum atomic E-state index is 10.1. The van der Waals surface area contributed by atoms with Crippen molar-refractivity contribution in [3.05, 3.63) is 47.0 Å². The lowest BCUT2D eigenvalue weighted by atomic mass is 9.93. The molecule has 2 atom stereocenters. The topological polar surface area (TPSA) is 46.2 Å². The SMILES string of the molecule is C=CC(CCN)C(O)c1ccc(Br)cc1. The van der Waals surface area contributed by atoms with Crippen molar-refractivity contribution in [1.82, 2.24) is 0 Å². The van der Waals surface area contributed by atoms with Crippen LogP contribution in [-0.2, 0) is 0 Å². The summed E-state index contributed by atoms with van der Waals surface area (Å²) in [6.07, 6.45) is 2.00. The van der Waals surface area contributed by atoms with Crippen LogP contribution < -0.4 is 5.73 Å². The van der Waals surface area contributed by atoms with Crippen LogP contribution in [-0.4, -0.2) is 11.7 Å². The Bertz CT molecular complexity index is 310. The van der Waals surface area contributed by atoms with E-state index in [-0.39, 0.29) is 5.92 Å². The molecule has 3 N–H and O–H groups in total. The standard InChI is InChI=1S/C12H16BrNO/c1-2-9(7-8-14)12(15)10-3-5-11(13)6-4-10/h2-6,9,12,15H,1,7-8,14H2. The number of benzene rings is 1. The summed E-state index contributed by atoms with van der Waals surface area (Å²) >= 11 is 3.36. The molecule has 0 heterocycles. The van der Waals surface area contributed by atoms with Crippen LogP contribution in [0.3, 0.4) is 0 Å². The van der Waals surface area contributed by atoms with Crippen molar-refractivity contribution < 1.29 is 5.11 Å². The average Bonchev–Trinajstić information content (AvgIpc) is 2.26. The molecule has 0 saturated carbocycles. The molecule has 0 aliphatic carbocycles. The molecular weight excluding hydrogens is 254 g/mol. The molecule has 82 valence electrons. The molecule has 15 heavy (non-hydrogen) atoms. The number of hydrogen-bond donors (Lipinski definition) is 2. The van der Waals surface area contributed by atoms with Gasteiger partial charge < -0.3 is 10.8 Å². The third-order valence-corrected chi connectivity index (χ3v) is 2.95. The molecule has 0 aliphatic heterocycles. The Hall–Kier alpha value is -0.640. The quantitative estimate of drug-likeness (QED) is 0.808. The smallest absolute Gasteiger partial charge is 0.0852 e. The number of aliphatic hydroxyl groups is 1. The minimum absolute atomic E-state index is 0.0242. The summed E-state index contributed by atoms with van der Waals surface area (Å²) in [7, 11) is 0. The fraction of sp³-hybridized carbons (Fsp3) is 0.333. The molecule has 0 radical (unpaired) electrons. The minimum Gasteiger partial charge on any atom is -0.388 e. The van der Waals surface area contributed by atoms with Crippen LogP contribution in [0.5, 0.6) is 0 Å². The molecule has 2 nitrogen and oxygen atoms in total. The highest BCUT2D eigenvalue weighted by molar-refractivity contribution is 9.10. The van der Waals surface area contributed by atoms with Crippen LogP contribution in [0.2, 0.25) is 0 Å². The second-order valence-corrected chi connectivity index (χ2v) is 4.39. The molecule has 0 aliphatic rings. The van der Waals surface area contributed by atoms with Crippen LogP contribution in [0.4, 0.5) is 0 Å². The summed E-state index contributed by atoms with van der Waals surface area (Å²) in [4.78, 5) is 0. The molecule has 0 saturated heterocycles. The summed E-state index contributed by atoms with van der Waals surface area (Å²) in [5.41, 5.74) is 6.38. The van der Waals surface area contributed by atoms with Gasteiger partial charge in [-0.15, -0.1) is 6.58 Å². The van der Waals surface area contributed by atoms with E-state index in [9.17, 15) is 5.11 Å². The van der Waals surface area contributed by atoms with E-state index >= 15 is 0 Å². The summed E-state index contributed by atoms with van der Waals surface area (Å²) in [6, 6.07) is 7.64. The van der Waals surface area contributed by atoms with Crippen molar-refractivity contribution in [3.63, 3.8) is 0 Å². The Morgan fingerprint density at radius 1 is 1.40 bits per heavy atom. The molecular formula is C12H16BrNO. The van der Waals surface area contributed by atoms with Crippen LogP contribution >= 0.6 is 15.9 Å². The Kier molecular flexibility index (Phi) is 5.02. The van der Waals surface area contributed by atoms with E-state index < -0.39 is 6.10 Å². The van der Waals surface area contributed by atoms with Gasteiger partial charge in [0.15, 0.2) is 0 Å². The molecule has 0 fully saturated rings. The lowest BCUT2D eigenvalue weighted by Crippen LogP contribution is -2.14. The summed E-state index contributed by atoms with van der Waals surface area (Å²) in [5, 5.41) is 10.1. The van der Waals surface area contributed by atoms with E-state index in [0.29, 0.717) is 6.54 Å². The summed E-state index contributed by atoms with van der Waals surface area (Å²) in [5.74, 6) is 0.0242. The lowest BCUT2D eigenvalue weighted by Gasteiger charge is -2.19. The normalized spacial score (nSPS) is 14.6. The first-order chi connectivity index (χ1) is 7.19. The van der Waals surface area contributed by atoms with Gasteiger partial charge in [-0.2, -0.15) is 0 Å². The minimum atomic E-state index is -0.515. The van der Waals surface area contributed by atoms with Crippen molar-refractivity contribution in [2.45, 2.75) is 12.5 Å². The first-order valence-corrected chi connectivity index (χ1v) is 5.74. The van der Waals surface area contributed by atoms with E-state index in [1.807, 2.05) is 24.3 Å². The maximum absolute atomic E-state index is 10.1. The van der Waals surface area contributed by atoms with Gasteiger partial charge >= 0.3 is 0 Å². The van der Waals surface area contributed by atoms with E-state index in [1.165, 1.54) is 0 Å². The first-order valence-electron chi connectivity index (χ1n) is 4.95. The molecule has 0 aromatic heterocycles. The third kappa shape index (κ3) is 3.45. The largest absolute Gasteiger partial charge is 0.388 e. The Balaban J connectivity index is 2.77. The van der Waals surface area contributed by atoms with E-state index in [1.54, 1.807) is 6.08 Å². The molecule has 0 amide bonds. The number of hydrogen-bond acceptors (Lipinski definition) is 2. The van der Waals surface area contributed by atoms with Gasteiger partial charge in [0.05, 0.1) is 6.10 Å². The Morgan fingerprint density at radius 3 is 2.47 bits per heavy atom. The highest BCUT2D eigenvalue weighted by atomic mass is 79.9. The summed E-state index contributed by atoms with van der Waals surface area (Å²) in [6.45, 7) is 4.28. The fourth-order valence-corrected chi connectivity index (χ4v) is 1.77. The zero-order chi connectivity index (χ0) is 11.3. The van der Waals surface area contributed by atoms with Gasteiger partial charge in [0, 0.05) is 10.4 Å². The average molecular weight is 270 g/mol. The van der Waals surface area contributed by atoms with Crippen molar-refractivity contribution in [3.8, 4) is 0 Å². The monoisotopic (exact) mass is 269 g/mol. The Morgan fingerprint density at radius 2 is 2.00 bits per heavy atom. The predicted octanol–water partition coefficient (Wildman–Crippen LogP) is 2.63. The Labute approximate surface area is 98.9 Å². The van der Waals surface area contributed by atoms with Gasteiger partial charge in [-0.25, -0.2) is 0 Å². The highest BCUT2D eigenvalue weighted by Crippen LogP contribution is 2.26. The van der Waals surface area contributed by atoms with Gasteiger partial charge in [0.25, 0.3) is 0 Å². The first kappa shape index (κ1) is 12.4. The van der Waals surface area contributed by atoms with Crippen molar-refractivity contribution in [2.24, 2.45) is 11.7 Å². The van der Waals surface area contributed by atoms with Gasteiger partial charge in [0.2, 0.25) is 0 Å². The van der Waals surface area contributed by atoms with E-state index in [0.717, 1.165) is 16.5 Å².